The van der Waals surface area contributed by atoms with E-state index in [2.05, 4.69) is 5.10 Å². The highest BCUT2D eigenvalue weighted by molar-refractivity contribution is 6.30. The van der Waals surface area contributed by atoms with Gasteiger partial charge in [-0.2, -0.15) is 5.10 Å². The number of halogens is 2. The van der Waals surface area contributed by atoms with Crippen LogP contribution in [-0.4, -0.2) is 28.9 Å². The second kappa shape index (κ2) is 5.17. The molecule has 17 heavy (non-hydrogen) atoms. The number of ether oxygens (including phenoxy) is 1. The molecule has 1 aromatic heterocycles. The summed E-state index contributed by atoms with van der Waals surface area (Å²) in [6.07, 6.45) is 3.03. The Hall–Kier alpha value is -0.250. The second-order valence-electron chi connectivity index (χ2n) is 4.94. The molecule has 0 spiro atoms. The molecular weight excluding hydrogens is 259 g/mol. The zero-order valence-corrected chi connectivity index (χ0v) is 11.8. The van der Waals surface area contributed by atoms with Crippen LogP contribution in [0.25, 0.3) is 0 Å². The summed E-state index contributed by atoms with van der Waals surface area (Å²) in [6, 6.07) is 0. The predicted molar refractivity (Wildman–Crippen MR) is 69.9 cm³/mol. The molecule has 0 saturated carbocycles. The fraction of sp³-hybridized carbons (Fsp3) is 0.750. The molecule has 1 saturated heterocycles. The summed E-state index contributed by atoms with van der Waals surface area (Å²) < 4.78 is 7.30. The Kier molecular flexibility index (Phi) is 4.01. The Morgan fingerprint density at radius 2 is 2.29 bits per heavy atom. The van der Waals surface area contributed by atoms with Gasteiger partial charge in [0.15, 0.2) is 0 Å². The summed E-state index contributed by atoms with van der Waals surface area (Å²) in [5, 5.41) is 5.06. The van der Waals surface area contributed by atoms with Crippen LogP contribution in [0, 0.1) is 12.3 Å². The fourth-order valence-electron chi connectivity index (χ4n) is 2.45. The summed E-state index contributed by atoms with van der Waals surface area (Å²) in [6.45, 7) is 3.56. The van der Waals surface area contributed by atoms with E-state index >= 15 is 0 Å². The average molecular weight is 277 g/mol. The van der Waals surface area contributed by atoms with Gasteiger partial charge in [0.05, 0.1) is 12.3 Å². The highest BCUT2D eigenvalue weighted by atomic mass is 35.5. The normalized spacial score (nSPS) is 25.2. The zero-order chi connectivity index (χ0) is 12.5. The van der Waals surface area contributed by atoms with Crippen LogP contribution in [0.4, 0.5) is 0 Å². The van der Waals surface area contributed by atoms with Gasteiger partial charge in [0.1, 0.15) is 5.15 Å². The molecule has 1 atom stereocenters. The van der Waals surface area contributed by atoms with Crippen LogP contribution in [0.2, 0.25) is 5.15 Å². The number of alkyl halides is 1. The number of nitrogens with zero attached hydrogens (tertiary/aromatic N) is 2. The first-order valence-corrected chi connectivity index (χ1v) is 6.81. The van der Waals surface area contributed by atoms with Crippen molar-refractivity contribution in [3.8, 4) is 0 Å². The SMILES string of the molecule is Cc1nn(C)c(Cl)c1CC1(CCl)CCCOC1. The number of aromatic nitrogens is 2. The van der Waals surface area contributed by atoms with E-state index in [-0.39, 0.29) is 5.41 Å². The summed E-state index contributed by atoms with van der Waals surface area (Å²) >= 11 is 12.4. The van der Waals surface area contributed by atoms with Gasteiger partial charge in [-0.3, -0.25) is 4.68 Å². The predicted octanol–water partition coefficient (Wildman–Crippen LogP) is 2.96. The van der Waals surface area contributed by atoms with Gasteiger partial charge < -0.3 is 4.74 Å². The van der Waals surface area contributed by atoms with E-state index in [4.69, 9.17) is 27.9 Å². The van der Waals surface area contributed by atoms with Gasteiger partial charge in [-0.25, -0.2) is 0 Å². The molecule has 3 nitrogen and oxygen atoms in total. The van der Waals surface area contributed by atoms with Gasteiger partial charge in [0, 0.05) is 30.5 Å². The molecular formula is C12H18Cl2N2O. The van der Waals surface area contributed by atoms with Crippen LogP contribution >= 0.6 is 23.2 Å². The van der Waals surface area contributed by atoms with E-state index in [0.717, 1.165) is 48.9 Å². The van der Waals surface area contributed by atoms with Crippen molar-refractivity contribution in [3.05, 3.63) is 16.4 Å². The third-order valence-corrected chi connectivity index (χ3v) is 4.55. The lowest BCUT2D eigenvalue weighted by atomic mass is 9.79. The van der Waals surface area contributed by atoms with Crippen molar-refractivity contribution in [2.24, 2.45) is 12.5 Å². The molecule has 1 aliphatic heterocycles. The Balaban J connectivity index is 2.23. The summed E-state index contributed by atoms with van der Waals surface area (Å²) in [5.41, 5.74) is 2.13. The van der Waals surface area contributed by atoms with Crippen LogP contribution in [0.1, 0.15) is 24.1 Å². The van der Waals surface area contributed by atoms with Gasteiger partial charge in [0.25, 0.3) is 0 Å². The lowest BCUT2D eigenvalue weighted by molar-refractivity contribution is 0.00471. The van der Waals surface area contributed by atoms with Gasteiger partial charge >= 0.3 is 0 Å². The molecule has 0 aromatic carbocycles. The Labute approximate surface area is 112 Å². The van der Waals surface area contributed by atoms with Gasteiger partial charge in [-0.15, -0.1) is 11.6 Å². The van der Waals surface area contributed by atoms with E-state index < -0.39 is 0 Å². The smallest absolute Gasteiger partial charge is 0.130 e. The van der Waals surface area contributed by atoms with Crippen LogP contribution in [0.15, 0.2) is 0 Å². The summed E-state index contributed by atoms with van der Waals surface area (Å²) in [4.78, 5) is 0. The highest BCUT2D eigenvalue weighted by Gasteiger charge is 2.34. The van der Waals surface area contributed by atoms with Crippen molar-refractivity contribution >= 4 is 23.2 Å². The van der Waals surface area contributed by atoms with Crippen LogP contribution in [-0.2, 0) is 18.2 Å². The van der Waals surface area contributed by atoms with Crippen LogP contribution in [0.3, 0.4) is 0 Å². The molecule has 0 aliphatic carbocycles. The number of hydrogen-bond acceptors (Lipinski definition) is 2. The minimum atomic E-state index is 0.0250. The molecule has 1 aliphatic rings. The first-order valence-electron chi connectivity index (χ1n) is 5.90. The van der Waals surface area contributed by atoms with Gasteiger partial charge in [-0.05, 0) is 26.2 Å². The molecule has 5 heteroatoms. The quantitative estimate of drug-likeness (QED) is 0.794. The molecule has 0 bridgehead atoms. The van der Waals surface area contributed by atoms with Crippen molar-refractivity contribution in [2.45, 2.75) is 26.2 Å². The monoisotopic (exact) mass is 276 g/mol. The van der Waals surface area contributed by atoms with E-state index in [1.54, 1.807) is 4.68 Å². The first-order chi connectivity index (χ1) is 8.08. The number of aryl methyl sites for hydroxylation is 2. The van der Waals surface area contributed by atoms with E-state index in [9.17, 15) is 0 Å². The lowest BCUT2D eigenvalue weighted by Gasteiger charge is -2.35. The second-order valence-corrected chi connectivity index (χ2v) is 5.57. The Morgan fingerprint density at radius 3 is 2.76 bits per heavy atom. The standard InChI is InChI=1S/C12H18Cl2N2O/c1-9-10(11(14)16(2)15-9)6-12(7-13)4-3-5-17-8-12/h3-8H2,1-2H3. The minimum absolute atomic E-state index is 0.0250. The van der Waals surface area contributed by atoms with Crippen molar-refractivity contribution in [2.75, 3.05) is 19.1 Å². The van der Waals surface area contributed by atoms with Crippen molar-refractivity contribution in [1.82, 2.24) is 9.78 Å². The molecule has 0 N–H and O–H groups in total. The van der Waals surface area contributed by atoms with Crippen molar-refractivity contribution in [3.63, 3.8) is 0 Å². The van der Waals surface area contributed by atoms with Crippen LogP contribution in [0.5, 0.6) is 0 Å². The Morgan fingerprint density at radius 1 is 1.53 bits per heavy atom. The summed E-state index contributed by atoms with van der Waals surface area (Å²) in [5.74, 6) is 0.609. The first kappa shape index (κ1) is 13.2. The largest absolute Gasteiger partial charge is 0.381 e. The van der Waals surface area contributed by atoms with Crippen LogP contribution < -0.4 is 0 Å². The third-order valence-electron chi connectivity index (χ3n) is 3.51. The molecule has 1 aromatic rings. The maximum absolute atomic E-state index is 6.27. The fourth-order valence-corrected chi connectivity index (χ4v) is 3.00. The van der Waals surface area contributed by atoms with E-state index in [1.165, 1.54) is 0 Å². The van der Waals surface area contributed by atoms with E-state index in [1.807, 2.05) is 14.0 Å². The maximum Gasteiger partial charge on any atom is 0.130 e. The minimum Gasteiger partial charge on any atom is -0.381 e. The number of hydrogen-bond donors (Lipinski definition) is 0. The molecule has 96 valence electrons. The molecule has 2 heterocycles. The van der Waals surface area contributed by atoms with Gasteiger partial charge in [0.2, 0.25) is 0 Å². The molecule has 0 radical (unpaired) electrons. The maximum atomic E-state index is 6.27. The zero-order valence-electron chi connectivity index (χ0n) is 10.3. The highest BCUT2D eigenvalue weighted by Crippen LogP contribution is 2.36. The molecule has 1 fully saturated rings. The summed E-state index contributed by atoms with van der Waals surface area (Å²) in [7, 11) is 1.86. The number of rotatable bonds is 3. The van der Waals surface area contributed by atoms with E-state index in [0.29, 0.717) is 5.88 Å². The molecule has 1 unspecified atom stereocenters. The van der Waals surface area contributed by atoms with Crippen molar-refractivity contribution in [1.29, 1.82) is 0 Å². The van der Waals surface area contributed by atoms with Crippen molar-refractivity contribution < 1.29 is 4.74 Å². The van der Waals surface area contributed by atoms with Gasteiger partial charge in [-0.1, -0.05) is 11.6 Å². The molecule has 2 rings (SSSR count). The average Bonchev–Trinajstić information content (AvgIpc) is 2.57. The topological polar surface area (TPSA) is 27.1 Å². The Bertz CT molecular complexity index is 397. The third kappa shape index (κ3) is 2.61. The molecule has 0 amide bonds. The lowest BCUT2D eigenvalue weighted by Crippen LogP contribution is -2.35.